The topological polar surface area (TPSA) is 125 Å². The minimum Gasteiger partial charge on any atom is -0.494 e. The van der Waals surface area contributed by atoms with Crippen LogP contribution in [0.1, 0.15) is 43.0 Å². The fraction of sp³-hybridized carbons (Fsp3) is 0.310. The van der Waals surface area contributed by atoms with Gasteiger partial charge >= 0.3 is 0 Å². The summed E-state index contributed by atoms with van der Waals surface area (Å²) in [6.45, 7) is 0.490. The number of aromatic amines is 1. The monoisotopic (exact) mass is 550 g/mol. The smallest absolute Gasteiger partial charge is 0.261 e. The van der Waals surface area contributed by atoms with Gasteiger partial charge in [0, 0.05) is 43.4 Å². The van der Waals surface area contributed by atoms with Crippen molar-refractivity contribution in [3.63, 3.8) is 0 Å². The third kappa shape index (κ3) is 7.58. The number of aromatic nitrogens is 2. The molecule has 0 aliphatic rings. The van der Waals surface area contributed by atoms with Crippen molar-refractivity contribution >= 4 is 32.5 Å². The lowest BCUT2D eigenvalue weighted by molar-refractivity contribution is -0.128. The van der Waals surface area contributed by atoms with E-state index in [4.69, 9.17) is 4.74 Å². The number of hydrogen-bond acceptors (Lipinski definition) is 6. The predicted molar refractivity (Wildman–Crippen MR) is 151 cm³/mol. The van der Waals surface area contributed by atoms with Crippen LogP contribution in [0.15, 0.2) is 77.7 Å². The van der Waals surface area contributed by atoms with Crippen LogP contribution >= 0.6 is 0 Å². The number of unbranched alkanes of at least 4 members (excludes halogenated alkanes) is 1. The number of hydrogen-bond donors (Lipinski definition) is 3. The molecule has 0 radical (unpaired) electrons. The second kappa shape index (κ2) is 12.8. The molecule has 0 saturated heterocycles. The lowest BCUT2D eigenvalue weighted by Crippen LogP contribution is -2.21. The molecule has 0 unspecified atom stereocenters. The number of carbonyl (C=O) groups excluding carboxylic acids is 1. The highest BCUT2D eigenvalue weighted by molar-refractivity contribution is 7.92. The summed E-state index contributed by atoms with van der Waals surface area (Å²) in [5.74, 6) is 0.784. The van der Waals surface area contributed by atoms with Crippen molar-refractivity contribution in [2.45, 2.75) is 43.1 Å². The molecule has 206 valence electrons. The molecule has 10 heteroatoms. The molecule has 1 heterocycles. The Labute approximate surface area is 228 Å². The Morgan fingerprint density at radius 3 is 2.62 bits per heavy atom. The van der Waals surface area contributed by atoms with Gasteiger partial charge in [0.15, 0.2) is 0 Å². The number of amides is 1. The van der Waals surface area contributed by atoms with Gasteiger partial charge in [-0.15, -0.1) is 0 Å². The van der Waals surface area contributed by atoms with Gasteiger partial charge in [0.1, 0.15) is 5.75 Å². The summed E-state index contributed by atoms with van der Waals surface area (Å²) in [5.41, 5.74) is 2.77. The number of ether oxygens (including phenoxy) is 1. The van der Waals surface area contributed by atoms with E-state index in [0.29, 0.717) is 42.9 Å². The summed E-state index contributed by atoms with van der Waals surface area (Å²) in [4.78, 5) is 13.6. The minimum atomic E-state index is -3.70. The highest BCUT2D eigenvalue weighted by Gasteiger charge is 2.15. The molecule has 0 aliphatic carbocycles. The van der Waals surface area contributed by atoms with E-state index in [1.165, 1.54) is 12.1 Å². The number of aliphatic hydroxyl groups excluding tert-OH is 1. The molecule has 39 heavy (non-hydrogen) atoms. The van der Waals surface area contributed by atoms with Gasteiger partial charge in [0.2, 0.25) is 5.91 Å². The number of aliphatic hydroxyl groups is 1. The third-order valence-corrected chi connectivity index (χ3v) is 7.81. The summed E-state index contributed by atoms with van der Waals surface area (Å²) in [6.07, 6.45) is 2.29. The number of nitrogens with one attached hydrogen (secondary N) is 2. The molecule has 0 saturated carbocycles. The number of benzene rings is 3. The SMILES string of the molecule is CN(C)C(=O)CCc1[nH]nc2cc(OCCCC[C@H](O)c3cccc(NS(=O)(=O)c4ccccc4)c3)ccc12. The lowest BCUT2D eigenvalue weighted by Gasteiger charge is -2.14. The summed E-state index contributed by atoms with van der Waals surface area (Å²) >= 11 is 0. The Balaban J connectivity index is 1.23. The van der Waals surface area contributed by atoms with Crippen LogP contribution < -0.4 is 9.46 Å². The number of rotatable bonds is 13. The van der Waals surface area contributed by atoms with Crippen LogP contribution in [0, 0.1) is 0 Å². The molecular weight excluding hydrogens is 516 g/mol. The van der Waals surface area contributed by atoms with E-state index in [9.17, 15) is 18.3 Å². The zero-order valence-electron chi connectivity index (χ0n) is 22.1. The number of fused-ring (bicyclic) bond motifs is 1. The Morgan fingerprint density at radius 1 is 1.05 bits per heavy atom. The number of anilines is 1. The van der Waals surface area contributed by atoms with Crippen molar-refractivity contribution in [3.8, 4) is 5.75 Å². The van der Waals surface area contributed by atoms with Gasteiger partial charge in [0.05, 0.1) is 23.1 Å². The number of sulfonamides is 1. The fourth-order valence-corrected chi connectivity index (χ4v) is 5.27. The molecule has 9 nitrogen and oxygen atoms in total. The average molecular weight is 551 g/mol. The van der Waals surface area contributed by atoms with Gasteiger partial charge in [0.25, 0.3) is 10.0 Å². The van der Waals surface area contributed by atoms with Gasteiger partial charge in [-0.25, -0.2) is 8.42 Å². The molecule has 3 N–H and O–H groups in total. The fourth-order valence-electron chi connectivity index (χ4n) is 4.20. The summed E-state index contributed by atoms with van der Waals surface area (Å²) in [6, 6.07) is 20.7. The number of nitrogens with zero attached hydrogens (tertiary/aromatic N) is 2. The maximum Gasteiger partial charge on any atom is 0.261 e. The Hall–Kier alpha value is -3.89. The Morgan fingerprint density at radius 2 is 1.85 bits per heavy atom. The number of H-pyrrole nitrogens is 1. The van der Waals surface area contributed by atoms with Crippen molar-refractivity contribution in [1.29, 1.82) is 0 Å². The molecule has 0 aliphatic heterocycles. The molecule has 0 bridgehead atoms. The second-order valence-corrected chi connectivity index (χ2v) is 11.3. The molecule has 0 spiro atoms. The molecule has 4 rings (SSSR count). The first-order valence-electron chi connectivity index (χ1n) is 12.9. The molecular formula is C29H34N4O5S. The highest BCUT2D eigenvalue weighted by Crippen LogP contribution is 2.25. The minimum absolute atomic E-state index is 0.0724. The van der Waals surface area contributed by atoms with Crippen LogP contribution in [0.25, 0.3) is 10.9 Å². The average Bonchev–Trinajstić information content (AvgIpc) is 3.34. The van der Waals surface area contributed by atoms with Crippen LogP contribution in [0.4, 0.5) is 5.69 Å². The predicted octanol–water partition coefficient (Wildman–Crippen LogP) is 4.67. The van der Waals surface area contributed by atoms with Crippen molar-refractivity contribution in [2.75, 3.05) is 25.4 Å². The van der Waals surface area contributed by atoms with E-state index in [0.717, 1.165) is 29.4 Å². The van der Waals surface area contributed by atoms with Crippen LogP contribution in [0.5, 0.6) is 5.75 Å². The molecule has 1 aromatic heterocycles. The normalized spacial score (nSPS) is 12.3. The van der Waals surface area contributed by atoms with E-state index in [-0.39, 0.29) is 10.8 Å². The standard InChI is InChI=1S/C29H34N4O5S/c1-33(2)29(35)17-16-26-25-15-14-23(20-27(25)31-30-26)38-18-7-6-13-28(34)21-9-8-10-22(19-21)32-39(36,37)24-11-4-3-5-12-24/h3-5,8-12,14-15,19-20,28,32,34H,6-7,13,16-18H2,1-2H3,(H,30,31)/t28-/m0/s1. The van der Waals surface area contributed by atoms with E-state index >= 15 is 0 Å². The van der Waals surface area contributed by atoms with Gasteiger partial charge in [-0.2, -0.15) is 5.10 Å². The molecule has 0 fully saturated rings. The zero-order valence-corrected chi connectivity index (χ0v) is 22.9. The van der Waals surface area contributed by atoms with E-state index < -0.39 is 16.1 Å². The highest BCUT2D eigenvalue weighted by atomic mass is 32.2. The molecule has 3 aromatic carbocycles. The number of carbonyl (C=O) groups is 1. The van der Waals surface area contributed by atoms with Crippen LogP contribution in [-0.2, 0) is 21.2 Å². The maximum absolute atomic E-state index is 12.6. The zero-order chi connectivity index (χ0) is 27.8. The Bertz CT molecular complexity index is 1500. The van der Waals surface area contributed by atoms with Gasteiger partial charge in [-0.3, -0.25) is 14.6 Å². The van der Waals surface area contributed by atoms with Gasteiger partial charge in [-0.1, -0.05) is 30.3 Å². The van der Waals surface area contributed by atoms with Crippen molar-refractivity contribution in [1.82, 2.24) is 15.1 Å². The number of aryl methyl sites for hydroxylation is 1. The van der Waals surface area contributed by atoms with Gasteiger partial charge < -0.3 is 14.7 Å². The summed E-state index contributed by atoms with van der Waals surface area (Å²) in [5, 5.41) is 19.0. The second-order valence-electron chi connectivity index (χ2n) is 9.57. The first kappa shape index (κ1) is 28.1. The maximum atomic E-state index is 12.6. The molecule has 4 aromatic rings. The van der Waals surface area contributed by atoms with Gasteiger partial charge in [-0.05, 0) is 67.6 Å². The Kier molecular flexibility index (Phi) is 9.21. The summed E-state index contributed by atoms with van der Waals surface area (Å²) < 4.78 is 33.6. The van der Waals surface area contributed by atoms with Crippen molar-refractivity contribution in [3.05, 3.63) is 84.1 Å². The largest absolute Gasteiger partial charge is 0.494 e. The summed E-state index contributed by atoms with van der Waals surface area (Å²) in [7, 11) is -0.208. The van der Waals surface area contributed by atoms with E-state index in [1.54, 1.807) is 61.5 Å². The van der Waals surface area contributed by atoms with Crippen molar-refractivity contribution in [2.24, 2.45) is 0 Å². The van der Waals surface area contributed by atoms with Crippen LogP contribution in [0.2, 0.25) is 0 Å². The first-order chi connectivity index (χ1) is 18.7. The molecule has 1 atom stereocenters. The van der Waals surface area contributed by atoms with E-state index in [1.807, 2.05) is 18.2 Å². The van der Waals surface area contributed by atoms with E-state index in [2.05, 4.69) is 14.9 Å². The first-order valence-corrected chi connectivity index (χ1v) is 14.4. The molecule has 1 amide bonds. The van der Waals surface area contributed by atoms with Crippen LogP contribution in [-0.4, -0.2) is 55.2 Å². The third-order valence-electron chi connectivity index (χ3n) is 6.41. The van der Waals surface area contributed by atoms with Crippen LogP contribution in [0.3, 0.4) is 0 Å². The van der Waals surface area contributed by atoms with Crippen molar-refractivity contribution < 1.29 is 23.1 Å². The quantitative estimate of drug-likeness (QED) is 0.208. The lowest BCUT2D eigenvalue weighted by atomic mass is 10.0.